The minimum atomic E-state index is -2.28. The standard InChI is InChI=1S/C45H68O6Si/c1-27(2)29-15-20-44(37(50)51-52(11,12)38(3,4)5)22-21-41(9)31(34(29)44)13-14-33-40(8)18-16-30(39(6,7)32(40)17-19-42(33,41)10)28-23-43(24-28)25-45(26-43,35(46)47)36(48)49/h16,23,29,31-34H,1,13-15,17-22,24-26H2,2-12H3,(H,46,47)(H,48,49)/t29-,31+,32-,33+,34+,40-,41+,42+,44-/m0/s1. The fraction of sp³-hybridized carbons (Fsp3) is 0.800. The van der Waals surface area contributed by atoms with E-state index in [1.165, 1.54) is 42.4 Å². The number of carboxylic acids is 2. The average Bonchev–Trinajstić information content (AvgIpc) is 3.37. The molecule has 0 aromatic rings. The molecule has 0 radical (unpaired) electrons. The number of hydrogen-bond acceptors (Lipinski definition) is 4. The summed E-state index contributed by atoms with van der Waals surface area (Å²) in [6.07, 6.45) is 15.8. The Bertz CT molecular complexity index is 1650. The van der Waals surface area contributed by atoms with E-state index >= 15 is 0 Å². The van der Waals surface area contributed by atoms with Crippen molar-refractivity contribution in [1.82, 2.24) is 0 Å². The molecule has 52 heavy (non-hydrogen) atoms. The van der Waals surface area contributed by atoms with E-state index in [9.17, 15) is 24.6 Å². The quantitative estimate of drug-likeness (QED) is 0.160. The summed E-state index contributed by atoms with van der Waals surface area (Å²) >= 11 is 0. The van der Waals surface area contributed by atoms with Crippen LogP contribution in [0.5, 0.6) is 0 Å². The van der Waals surface area contributed by atoms with Gasteiger partial charge in [-0.05, 0) is 170 Å². The highest BCUT2D eigenvalue weighted by molar-refractivity contribution is 6.75. The van der Waals surface area contributed by atoms with Crippen molar-refractivity contribution in [2.45, 2.75) is 157 Å². The molecule has 7 heteroatoms. The van der Waals surface area contributed by atoms with E-state index in [0.717, 1.165) is 38.5 Å². The van der Waals surface area contributed by atoms with Gasteiger partial charge in [-0.3, -0.25) is 14.4 Å². The van der Waals surface area contributed by atoms with Crippen LogP contribution in [0.1, 0.15) is 139 Å². The van der Waals surface area contributed by atoms with E-state index in [-0.39, 0.29) is 50.9 Å². The molecule has 0 aromatic carbocycles. The average molecular weight is 733 g/mol. The Morgan fingerprint density at radius 1 is 0.865 bits per heavy atom. The lowest BCUT2D eigenvalue weighted by Crippen LogP contribution is -2.66. The van der Waals surface area contributed by atoms with Gasteiger partial charge < -0.3 is 14.6 Å². The molecule has 0 aliphatic heterocycles. The maximum atomic E-state index is 14.7. The zero-order valence-electron chi connectivity index (χ0n) is 34.3. The predicted octanol–water partition coefficient (Wildman–Crippen LogP) is 11.0. The van der Waals surface area contributed by atoms with Crippen LogP contribution in [-0.2, 0) is 18.8 Å². The number of carbonyl (C=O) groups is 3. The second-order valence-corrected chi connectivity index (χ2v) is 27.0. The Morgan fingerprint density at radius 3 is 2.04 bits per heavy atom. The molecular formula is C45H68O6Si. The van der Waals surface area contributed by atoms with Crippen molar-refractivity contribution in [3.05, 3.63) is 35.5 Å². The summed E-state index contributed by atoms with van der Waals surface area (Å²) < 4.78 is 6.73. The smallest absolute Gasteiger partial charge is 0.321 e. The van der Waals surface area contributed by atoms with Crippen LogP contribution in [0.2, 0.25) is 18.1 Å². The zero-order valence-corrected chi connectivity index (χ0v) is 35.3. The van der Waals surface area contributed by atoms with Crippen LogP contribution in [-0.4, -0.2) is 36.4 Å². The molecule has 2 N–H and O–H groups in total. The third-order valence-electron chi connectivity index (χ3n) is 18.7. The molecule has 0 unspecified atom stereocenters. The third-order valence-corrected chi connectivity index (χ3v) is 23.0. The Balaban J connectivity index is 1.18. The van der Waals surface area contributed by atoms with Crippen LogP contribution in [0.3, 0.4) is 0 Å². The van der Waals surface area contributed by atoms with Crippen molar-refractivity contribution in [1.29, 1.82) is 0 Å². The van der Waals surface area contributed by atoms with E-state index in [1.54, 1.807) is 0 Å². The fourth-order valence-corrected chi connectivity index (χ4v) is 15.8. The fourth-order valence-electron chi connectivity index (χ4n) is 14.8. The van der Waals surface area contributed by atoms with Gasteiger partial charge in [-0.25, -0.2) is 0 Å². The summed E-state index contributed by atoms with van der Waals surface area (Å²) in [6, 6.07) is 0. The second-order valence-electron chi connectivity index (χ2n) is 22.3. The van der Waals surface area contributed by atoms with Gasteiger partial charge in [0.25, 0.3) is 14.3 Å². The molecule has 0 aromatic heterocycles. The first-order valence-corrected chi connectivity index (χ1v) is 23.5. The van der Waals surface area contributed by atoms with Crippen molar-refractivity contribution >= 4 is 26.2 Å². The molecule has 7 aliphatic rings. The highest BCUT2D eigenvalue weighted by Gasteiger charge is 2.73. The maximum Gasteiger partial charge on any atom is 0.321 e. The molecule has 0 saturated heterocycles. The van der Waals surface area contributed by atoms with Crippen LogP contribution >= 0.6 is 0 Å². The lowest BCUT2D eigenvalue weighted by atomic mass is 9.32. The number of carboxylic acid groups (broad SMARTS) is 2. The second kappa shape index (κ2) is 11.2. The normalized spacial score (nSPS) is 42.5. The topological polar surface area (TPSA) is 101 Å². The Labute approximate surface area is 314 Å². The zero-order chi connectivity index (χ0) is 38.5. The van der Waals surface area contributed by atoms with Crippen molar-refractivity contribution in [2.75, 3.05) is 0 Å². The van der Waals surface area contributed by atoms with Gasteiger partial charge in [-0.1, -0.05) is 79.7 Å². The van der Waals surface area contributed by atoms with Gasteiger partial charge in [-0.2, -0.15) is 0 Å². The summed E-state index contributed by atoms with van der Waals surface area (Å²) in [4.78, 5) is 38.5. The number of carbonyl (C=O) groups excluding carboxylic acids is 1. The summed E-state index contributed by atoms with van der Waals surface area (Å²) in [7, 11) is -2.28. The van der Waals surface area contributed by atoms with Gasteiger partial charge in [0.2, 0.25) is 0 Å². The van der Waals surface area contributed by atoms with Gasteiger partial charge in [-0.15, -0.1) is 0 Å². The molecule has 288 valence electrons. The van der Waals surface area contributed by atoms with Crippen LogP contribution in [0.25, 0.3) is 0 Å². The van der Waals surface area contributed by atoms with Gasteiger partial charge in [0, 0.05) is 0 Å². The van der Waals surface area contributed by atoms with E-state index in [4.69, 9.17) is 4.43 Å². The molecule has 7 rings (SSSR count). The van der Waals surface area contributed by atoms with Gasteiger partial charge in [0.05, 0.1) is 5.41 Å². The highest BCUT2D eigenvalue weighted by Crippen LogP contribution is 2.78. The maximum absolute atomic E-state index is 14.7. The van der Waals surface area contributed by atoms with Crippen molar-refractivity contribution in [3.63, 3.8) is 0 Å². The number of fused-ring (bicyclic) bond motifs is 7. The lowest BCUT2D eigenvalue weighted by Gasteiger charge is -2.72. The number of rotatable bonds is 6. The van der Waals surface area contributed by atoms with Crippen LogP contribution in [0.4, 0.5) is 0 Å². The first kappa shape index (κ1) is 38.1. The molecular weight excluding hydrogens is 665 g/mol. The Morgan fingerprint density at radius 2 is 1.48 bits per heavy atom. The van der Waals surface area contributed by atoms with E-state index in [1.807, 2.05) is 0 Å². The molecule has 7 aliphatic carbocycles. The van der Waals surface area contributed by atoms with Crippen molar-refractivity contribution in [2.24, 2.45) is 67.5 Å². The predicted molar refractivity (Wildman–Crippen MR) is 208 cm³/mol. The van der Waals surface area contributed by atoms with Gasteiger partial charge in [0.1, 0.15) is 0 Å². The van der Waals surface area contributed by atoms with Crippen molar-refractivity contribution in [3.8, 4) is 0 Å². The minimum absolute atomic E-state index is 0.0214. The molecule has 0 heterocycles. The summed E-state index contributed by atoms with van der Waals surface area (Å²) in [5.74, 6) is -0.0321. The third kappa shape index (κ3) is 4.74. The van der Waals surface area contributed by atoms with E-state index < -0.39 is 31.1 Å². The molecule has 0 bridgehead atoms. The first-order valence-electron chi connectivity index (χ1n) is 20.6. The van der Waals surface area contributed by atoms with Crippen LogP contribution in [0.15, 0.2) is 35.5 Å². The lowest BCUT2D eigenvalue weighted by molar-refractivity contribution is -0.229. The molecule has 6 nitrogen and oxygen atoms in total. The molecule has 5 saturated carbocycles. The number of hydrogen-bond donors (Lipinski definition) is 2. The minimum Gasteiger partial charge on any atom is -0.519 e. The molecule has 9 atom stereocenters. The number of aliphatic carboxylic acids is 2. The first-order chi connectivity index (χ1) is 23.8. The van der Waals surface area contributed by atoms with Crippen LogP contribution in [0, 0.1) is 67.5 Å². The molecule has 1 spiro atoms. The summed E-state index contributed by atoms with van der Waals surface area (Å²) in [5, 5.41) is 19.4. The number of allylic oxidation sites excluding steroid dienone is 5. The highest BCUT2D eigenvalue weighted by atomic mass is 28.4. The van der Waals surface area contributed by atoms with E-state index in [2.05, 4.69) is 94.1 Å². The molecule has 5 fully saturated rings. The monoisotopic (exact) mass is 732 g/mol. The Kier molecular flexibility index (Phi) is 8.23. The van der Waals surface area contributed by atoms with Gasteiger partial charge >= 0.3 is 11.9 Å². The summed E-state index contributed by atoms with van der Waals surface area (Å²) in [6.45, 7) is 30.7. The van der Waals surface area contributed by atoms with Crippen molar-refractivity contribution < 1.29 is 29.0 Å². The molecule has 0 amide bonds. The van der Waals surface area contributed by atoms with Gasteiger partial charge in [0.15, 0.2) is 5.41 Å². The van der Waals surface area contributed by atoms with E-state index in [0.29, 0.717) is 29.6 Å². The summed E-state index contributed by atoms with van der Waals surface area (Å²) in [5.41, 5.74) is 2.12. The largest absolute Gasteiger partial charge is 0.519 e. The Hall–Kier alpha value is -2.15. The SMILES string of the molecule is C=C(C)[C@@H]1CC[C@]2(C(=O)O[Si](C)(C)C(C)(C)C)CC[C@]3(C)[C@H](CC[C@@H]4[C@@]5(C)CC=C(C6=CC7(C6)CC(C(=O)O)(C(=O)O)C7)C(C)(C)[C@@H]5CC[C@]43C)[C@@H]12. The van der Waals surface area contributed by atoms with Crippen LogP contribution < -0.4 is 0 Å².